The maximum atomic E-state index is 10.7. The van der Waals surface area contributed by atoms with E-state index >= 15 is 0 Å². The first kappa shape index (κ1) is 10.4. The van der Waals surface area contributed by atoms with Gasteiger partial charge in [0.15, 0.2) is 0 Å². The van der Waals surface area contributed by atoms with Crippen molar-refractivity contribution in [1.29, 1.82) is 0 Å². The van der Waals surface area contributed by atoms with Gasteiger partial charge in [0.25, 0.3) is 0 Å². The minimum absolute atomic E-state index is 0.0417. The molecule has 1 N–H and O–H groups in total. The fourth-order valence-electron chi connectivity index (χ4n) is 0.824. The minimum Gasteiger partial charge on any atom is -0.481 e. The molecule has 0 aliphatic rings. The highest BCUT2D eigenvalue weighted by atomic mass is 16.4. The number of aliphatic carboxylic acids is 1. The number of carbonyl (C=O) groups is 1. The SMILES string of the molecule is CC(N(C)C)C(C)(C)C(=O)O. The molecule has 0 saturated carbocycles. The molecular weight excluding hydrogens is 142 g/mol. The molecule has 0 aliphatic carbocycles. The van der Waals surface area contributed by atoms with Crippen molar-refractivity contribution >= 4 is 5.97 Å². The average molecular weight is 159 g/mol. The molecule has 1 atom stereocenters. The third-order valence-corrected chi connectivity index (χ3v) is 2.37. The Morgan fingerprint density at radius 3 is 1.91 bits per heavy atom. The number of carboxylic acids is 1. The second-order valence-corrected chi connectivity index (χ2v) is 3.67. The van der Waals surface area contributed by atoms with Gasteiger partial charge in [-0.05, 0) is 34.9 Å². The molecule has 1 unspecified atom stereocenters. The first-order chi connectivity index (χ1) is 4.80. The van der Waals surface area contributed by atoms with Gasteiger partial charge in [0.1, 0.15) is 0 Å². The van der Waals surface area contributed by atoms with E-state index in [9.17, 15) is 4.79 Å². The molecule has 0 fully saturated rings. The lowest BCUT2D eigenvalue weighted by Gasteiger charge is -2.32. The van der Waals surface area contributed by atoms with Gasteiger partial charge in [0.05, 0.1) is 5.41 Å². The molecule has 0 amide bonds. The lowest BCUT2D eigenvalue weighted by Crippen LogP contribution is -2.43. The van der Waals surface area contributed by atoms with Crippen molar-refractivity contribution in [2.45, 2.75) is 26.8 Å². The Kier molecular flexibility index (Phi) is 3.05. The Hall–Kier alpha value is -0.570. The fraction of sp³-hybridized carbons (Fsp3) is 0.875. The van der Waals surface area contributed by atoms with Gasteiger partial charge in [-0.2, -0.15) is 0 Å². The summed E-state index contributed by atoms with van der Waals surface area (Å²) in [6.07, 6.45) is 0. The Bertz CT molecular complexity index is 152. The molecule has 3 heteroatoms. The van der Waals surface area contributed by atoms with E-state index in [2.05, 4.69) is 0 Å². The molecule has 66 valence electrons. The van der Waals surface area contributed by atoms with Crippen LogP contribution in [0.4, 0.5) is 0 Å². The molecule has 0 aliphatic heterocycles. The standard InChI is InChI=1S/C8H17NO2/c1-6(9(4)5)8(2,3)7(10)11/h6H,1-5H3,(H,10,11). The van der Waals surface area contributed by atoms with E-state index in [1.807, 2.05) is 25.9 Å². The zero-order valence-corrected chi connectivity index (χ0v) is 7.88. The van der Waals surface area contributed by atoms with Crippen LogP contribution < -0.4 is 0 Å². The third kappa shape index (κ3) is 2.19. The van der Waals surface area contributed by atoms with Crippen LogP contribution in [0.3, 0.4) is 0 Å². The van der Waals surface area contributed by atoms with Gasteiger partial charge in [-0.3, -0.25) is 4.79 Å². The monoisotopic (exact) mass is 159 g/mol. The Labute approximate surface area is 68.0 Å². The van der Waals surface area contributed by atoms with Crippen LogP contribution in [0.2, 0.25) is 0 Å². The van der Waals surface area contributed by atoms with Crippen LogP contribution >= 0.6 is 0 Å². The van der Waals surface area contributed by atoms with Crippen LogP contribution in [0.1, 0.15) is 20.8 Å². The van der Waals surface area contributed by atoms with Crippen molar-refractivity contribution in [3.05, 3.63) is 0 Å². The van der Waals surface area contributed by atoms with E-state index in [0.717, 1.165) is 0 Å². The van der Waals surface area contributed by atoms with Crippen LogP contribution in [0.25, 0.3) is 0 Å². The highest BCUT2D eigenvalue weighted by molar-refractivity contribution is 5.74. The second kappa shape index (κ2) is 3.22. The maximum Gasteiger partial charge on any atom is 0.310 e. The summed E-state index contributed by atoms with van der Waals surface area (Å²) >= 11 is 0. The van der Waals surface area contributed by atoms with Crippen LogP contribution in [0.15, 0.2) is 0 Å². The topological polar surface area (TPSA) is 40.5 Å². The number of nitrogens with zero attached hydrogens (tertiary/aromatic N) is 1. The van der Waals surface area contributed by atoms with Crippen LogP contribution in [0.5, 0.6) is 0 Å². The average Bonchev–Trinajstić information content (AvgIpc) is 1.85. The Morgan fingerprint density at radius 2 is 1.82 bits per heavy atom. The van der Waals surface area contributed by atoms with E-state index in [4.69, 9.17) is 5.11 Å². The van der Waals surface area contributed by atoms with Crippen molar-refractivity contribution in [3.8, 4) is 0 Å². The van der Waals surface area contributed by atoms with E-state index < -0.39 is 11.4 Å². The van der Waals surface area contributed by atoms with Gasteiger partial charge in [-0.1, -0.05) is 0 Å². The van der Waals surface area contributed by atoms with E-state index in [1.165, 1.54) is 0 Å². The maximum absolute atomic E-state index is 10.7. The smallest absolute Gasteiger partial charge is 0.310 e. The van der Waals surface area contributed by atoms with Gasteiger partial charge in [-0.25, -0.2) is 0 Å². The Balaban J connectivity index is 4.42. The highest BCUT2D eigenvalue weighted by Gasteiger charge is 2.34. The van der Waals surface area contributed by atoms with Gasteiger partial charge in [0.2, 0.25) is 0 Å². The van der Waals surface area contributed by atoms with E-state index in [0.29, 0.717) is 0 Å². The molecular formula is C8H17NO2. The zero-order valence-electron chi connectivity index (χ0n) is 7.88. The van der Waals surface area contributed by atoms with Crippen molar-refractivity contribution in [2.75, 3.05) is 14.1 Å². The molecule has 0 radical (unpaired) electrons. The summed E-state index contributed by atoms with van der Waals surface area (Å²) in [6, 6.07) is 0.0417. The van der Waals surface area contributed by atoms with Gasteiger partial charge in [-0.15, -0.1) is 0 Å². The molecule has 0 heterocycles. The van der Waals surface area contributed by atoms with Crippen molar-refractivity contribution in [3.63, 3.8) is 0 Å². The number of hydrogen-bond donors (Lipinski definition) is 1. The fourth-order valence-corrected chi connectivity index (χ4v) is 0.824. The molecule has 0 rings (SSSR count). The summed E-state index contributed by atoms with van der Waals surface area (Å²) in [6.45, 7) is 5.38. The highest BCUT2D eigenvalue weighted by Crippen LogP contribution is 2.23. The second-order valence-electron chi connectivity index (χ2n) is 3.67. The Morgan fingerprint density at radius 1 is 1.45 bits per heavy atom. The molecule has 0 aromatic heterocycles. The van der Waals surface area contributed by atoms with Crippen molar-refractivity contribution < 1.29 is 9.90 Å². The summed E-state index contributed by atoms with van der Waals surface area (Å²) < 4.78 is 0. The van der Waals surface area contributed by atoms with Gasteiger partial charge in [0, 0.05) is 6.04 Å². The zero-order chi connectivity index (χ0) is 9.23. The van der Waals surface area contributed by atoms with Gasteiger partial charge < -0.3 is 10.0 Å². The third-order valence-electron chi connectivity index (χ3n) is 2.37. The van der Waals surface area contributed by atoms with E-state index in [1.54, 1.807) is 13.8 Å². The molecule has 0 aromatic rings. The lowest BCUT2D eigenvalue weighted by molar-refractivity contribution is -0.150. The molecule has 0 aromatic carbocycles. The predicted molar refractivity (Wildman–Crippen MR) is 44.6 cm³/mol. The molecule has 0 bridgehead atoms. The van der Waals surface area contributed by atoms with Crippen LogP contribution in [0, 0.1) is 5.41 Å². The predicted octanol–water partition coefficient (Wildman–Crippen LogP) is 1.05. The molecule has 3 nitrogen and oxygen atoms in total. The summed E-state index contributed by atoms with van der Waals surface area (Å²) in [5, 5.41) is 8.83. The largest absolute Gasteiger partial charge is 0.481 e. The molecule has 0 saturated heterocycles. The van der Waals surface area contributed by atoms with Gasteiger partial charge >= 0.3 is 5.97 Å². The number of carboxylic acid groups (broad SMARTS) is 1. The first-order valence-corrected chi connectivity index (χ1v) is 3.70. The normalized spacial score (nSPS) is 15.1. The summed E-state index contributed by atoms with van der Waals surface area (Å²) in [5.41, 5.74) is -0.677. The lowest BCUT2D eigenvalue weighted by atomic mass is 9.85. The minimum atomic E-state index is -0.751. The summed E-state index contributed by atoms with van der Waals surface area (Å²) in [5.74, 6) is -0.751. The van der Waals surface area contributed by atoms with Crippen molar-refractivity contribution in [1.82, 2.24) is 4.90 Å². The van der Waals surface area contributed by atoms with Crippen molar-refractivity contribution in [2.24, 2.45) is 5.41 Å². The number of rotatable bonds is 3. The van der Waals surface area contributed by atoms with E-state index in [-0.39, 0.29) is 6.04 Å². The first-order valence-electron chi connectivity index (χ1n) is 3.70. The van der Waals surface area contributed by atoms with Crippen LogP contribution in [-0.2, 0) is 4.79 Å². The summed E-state index contributed by atoms with van der Waals surface area (Å²) in [4.78, 5) is 12.7. The molecule has 0 spiro atoms. The quantitative estimate of drug-likeness (QED) is 0.669. The summed E-state index contributed by atoms with van der Waals surface area (Å²) in [7, 11) is 3.77. The number of hydrogen-bond acceptors (Lipinski definition) is 2. The molecule has 11 heavy (non-hydrogen) atoms. The van der Waals surface area contributed by atoms with Crippen LogP contribution in [-0.4, -0.2) is 36.1 Å².